The number of halogens is 2. The topological polar surface area (TPSA) is 70.7 Å². The van der Waals surface area contributed by atoms with Gasteiger partial charge in [0.15, 0.2) is 0 Å². The highest BCUT2D eigenvalue weighted by molar-refractivity contribution is 5.97. The third-order valence-electron chi connectivity index (χ3n) is 5.06. The molecule has 1 aromatic carbocycles. The molecule has 2 unspecified atom stereocenters. The van der Waals surface area contributed by atoms with E-state index < -0.39 is 6.61 Å². The van der Waals surface area contributed by atoms with Crippen LogP contribution in [0.2, 0.25) is 0 Å². The largest absolute Gasteiger partial charge is 0.434 e. The van der Waals surface area contributed by atoms with Crippen LogP contribution in [0.15, 0.2) is 24.3 Å². The lowest BCUT2D eigenvalue weighted by Crippen LogP contribution is -2.51. The van der Waals surface area contributed by atoms with Crippen LogP contribution in [0.25, 0.3) is 0 Å². The summed E-state index contributed by atoms with van der Waals surface area (Å²) in [5, 5.41) is 6.32. The lowest BCUT2D eigenvalue weighted by molar-refractivity contribution is -0.127. The van der Waals surface area contributed by atoms with Crippen molar-refractivity contribution in [3.63, 3.8) is 0 Å². The van der Waals surface area contributed by atoms with Gasteiger partial charge in [-0.3, -0.25) is 9.59 Å². The molecule has 2 atom stereocenters. The number of para-hydroxylation sites is 1. The van der Waals surface area contributed by atoms with Crippen molar-refractivity contribution in [1.82, 2.24) is 15.5 Å². The second-order valence-electron chi connectivity index (χ2n) is 7.02. The number of benzene rings is 1. The molecule has 148 valence electrons. The van der Waals surface area contributed by atoms with Crippen molar-refractivity contribution in [1.29, 1.82) is 0 Å². The standard InChI is InChI=1S/C19H25F2N3O3/c20-19(21)27-16-8-2-1-7-15(16)18(26)24-10-4-5-13(12-24)17(25)23-14-6-3-9-22-11-14/h1-2,7-8,13-14,19,22H,3-6,9-12H2,(H,23,25). The fourth-order valence-electron chi connectivity index (χ4n) is 3.68. The number of ether oxygens (including phenoxy) is 1. The summed E-state index contributed by atoms with van der Waals surface area (Å²) in [6.07, 6.45) is 3.39. The molecule has 0 aromatic heterocycles. The normalized spacial score (nSPS) is 23.1. The number of hydrogen-bond donors (Lipinski definition) is 2. The number of nitrogens with zero attached hydrogens (tertiary/aromatic N) is 1. The van der Waals surface area contributed by atoms with E-state index in [-0.39, 0.29) is 41.6 Å². The lowest BCUT2D eigenvalue weighted by Gasteiger charge is -2.34. The molecule has 8 heteroatoms. The number of piperidine rings is 2. The van der Waals surface area contributed by atoms with Gasteiger partial charge in [0.2, 0.25) is 5.91 Å². The van der Waals surface area contributed by atoms with Crippen molar-refractivity contribution in [2.75, 3.05) is 26.2 Å². The zero-order valence-corrected chi connectivity index (χ0v) is 15.1. The summed E-state index contributed by atoms with van der Waals surface area (Å²) in [5.41, 5.74) is 0.0929. The van der Waals surface area contributed by atoms with Crippen LogP contribution in [0.1, 0.15) is 36.0 Å². The van der Waals surface area contributed by atoms with Gasteiger partial charge in [0.05, 0.1) is 11.5 Å². The molecule has 3 rings (SSSR count). The molecular weight excluding hydrogens is 356 g/mol. The molecule has 2 saturated heterocycles. The average molecular weight is 381 g/mol. The van der Waals surface area contributed by atoms with E-state index in [1.807, 2.05) is 0 Å². The summed E-state index contributed by atoms with van der Waals surface area (Å²) in [6, 6.07) is 6.09. The molecule has 1 aromatic rings. The van der Waals surface area contributed by atoms with Crippen LogP contribution in [0.5, 0.6) is 5.75 Å². The highest BCUT2D eigenvalue weighted by Crippen LogP contribution is 2.25. The summed E-state index contributed by atoms with van der Waals surface area (Å²) in [5.74, 6) is -0.855. The summed E-state index contributed by atoms with van der Waals surface area (Å²) >= 11 is 0. The number of hydrogen-bond acceptors (Lipinski definition) is 4. The summed E-state index contributed by atoms with van der Waals surface area (Å²) in [7, 11) is 0. The first kappa shape index (κ1) is 19.5. The highest BCUT2D eigenvalue weighted by atomic mass is 19.3. The number of amides is 2. The number of likely N-dealkylation sites (tertiary alicyclic amines) is 1. The molecule has 2 fully saturated rings. The second-order valence-corrected chi connectivity index (χ2v) is 7.02. The molecule has 0 aliphatic carbocycles. The number of alkyl halides is 2. The molecule has 6 nitrogen and oxygen atoms in total. The van der Waals surface area contributed by atoms with Crippen LogP contribution < -0.4 is 15.4 Å². The Morgan fingerprint density at radius 1 is 1.22 bits per heavy atom. The van der Waals surface area contributed by atoms with E-state index in [9.17, 15) is 18.4 Å². The molecule has 2 amide bonds. The van der Waals surface area contributed by atoms with Crippen molar-refractivity contribution in [3.8, 4) is 5.75 Å². The van der Waals surface area contributed by atoms with Crippen LogP contribution in [0.3, 0.4) is 0 Å². The van der Waals surface area contributed by atoms with Crippen molar-refractivity contribution < 1.29 is 23.1 Å². The number of nitrogens with one attached hydrogen (secondary N) is 2. The van der Waals surface area contributed by atoms with Crippen LogP contribution >= 0.6 is 0 Å². The Morgan fingerprint density at radius 2 is 2.04 bits per heavy atom. The van der Waals surface area contributed by atoms with Crippen LogP contribution in [0, 0.1) is 5.92 Å². The highest BCUT2D eigenvalue weighted by Gasteiger charge is 2.31. The van der Waals surface area contributed by atoms with Crippen molar-refractivity contribution in [3.05, 3.63) is 29.8 Å². The van der Waals surface area contributed by atoms with E-state index in [1.165, 1.54) is 12.1 Å². The number of carbonyl (C=O) groups excluding carboxylic acids is 2. The summed E-state index contributed by atoms with van der Waals surface area (Å²) < 4.78 is 29.6. The summed E-state index contributed by atoms with van der Waals surface area (Å²) in [6.45, 7) is -0.481. The predicted molar refractivity (Wildman–Crippen MR) is 95.7 cm³/mol. The zero-order chi connectivity index (χ0) is 19.2. The smallest absolute Gasteiger partial charge is 0.387 e. The predicted octanol–water partition coefficient (Wildman–Crippen LogP) is 2.01. The lowest BCUT2D eigenvalue weighted by atomic mass is 9.95. The zero-order valence-electron chi connectivity index (χ0n) is 15.1. The van der Waals surface area contributed by atoms with Gasteiger partial charge in [-0.15, -0.1) is 0 Å². The number of carbonyl (C=O) groups is 2. The first-order chi connectivity index (χ1) is 13.0. The Bertz CT molecular complexity index is 665. The van der Waals surface area contributed by atoms with Gasteiger partial charge in [-0.1, -0.05) is 12.1 Å². The maximum Gasteiger partial charge on any atom is 0.387 e. The Morgan fingerprint density at radius 3 is 2.78 bits per heavy atom. The fraction of sp³-hybridized carbons (Fsp3) is 0.579. The van der Waals surface area contributed by atoms with Crippen LogP contribution in [-0.2, 0) is 4.79 Å². The molecule has 27 heavy (non-hydrogen) atoms. The van der Waals surface area contributed by atoms with Gasteiger partial charge in [0.25, 0.3) is 5.91 Å². The maximum atomic E-state index is 12.8. The van der Waals surface area contributed by atoms with E-state index in [4.69, 9.17) is 0 Å². The first-order valence-corrected chi connectivity index (χ1v) is 9.39. The molecule has 2 heterocycles. The van der Waals surface area contributed by atoms with Gasteiger partial charge in [-0.25, -0.2) is 0 Å². The molecule has 2 N–H and O–H groups in total. The molecular formula is C19H25F2N3O3. The molecule has 2 aliphatic rings. The Labute approximate surface area is 157 Å². The van der Waals surface area contributed by atoms with Gasteiger partial charge in [-0.05, 0) is 44.4 Å². The Balaban J connectivity index is 1.63. The van der Waals surface area contributed by atoms with Crippen LogP contribution in [-0.4, -0.2) is 55.5 Å². The van der Waals surface area contributed by atoms with Gasteiger partial charge >= 0.3 is 6.61 Å². The number of rotatable bonds is 5. The third-order valence-corrected chi connectivity index (χ3v) is 5.06. The van der Waals surface area contributed by atoms with E-state index >= 15 is 0 Å². The monoisotopic (exact) mass is 381 g/mol. The molecule has 0 bridgehead atoms. The minimum Gasteiger partial charge on any atom is -0.434 e. The third kappa shape index (κ3) is 5.15. The fourth-order valence-corrected chi connectivity index (χ4v) is 3.68. The van der Waals surface area contributed by atoms with Gasteiger partial charge < -0.3 is 20.3 Å². The second kappa shape index (κ2) is 9.12. The van der Waals surface area contributed by atoms with E-state index in [2.05, 4.69) is 15.4 Å². The summed E-state index contributed by atoms with van der Waals surface area (Å²) in [4.78, 5) is 27.0. The van der Waals surface area contributed by atoms with Gasteiger partial charge in [-0.2, -0.15) is 8.78 Å². The van der Waals surface area contributed by atoms with E-state index in [1.54, 1.807) is 17.0 Å². The minimum atomic E-state index is -3.00. The van der Waals surface area contributed by atoms with Crippen molar-refractivity contribution in [2.24, 2.45) is 5.92 Å². The average Bonchev–Trinajstić information content (AvgIpc) is 2.68. The first-order valence-electron chi connectivity index (χ1n) is 9.39. The SMILES string of the molecule is O=C(NC1CCCNC1)C1CCCN(C(=O)c2ccccc2OC(F)F)C1. The van der Waals surface area contributed by atoms with Gasteiger partial charge in [0.1, 0.15) is 5.75 Å². The van der Waals surface area contributed by atoms with Crippen molar-refractivity contribution in [2.45, 2.75) is 38.3 Å². The van der Waals surface area contributed by atoms with Crippen LogP contribution in [0.4, 0.5) is 8.78 Å². The Kier molecular flexibility index (Phi) is 6.60. The Hall–Kier alpha value is -2.22. The van der Waals surface area contributed by atoms with Crippen molar-refractivity contribution >= 4 is 11.8 Å². The van der Waals surface area contributed by atoms with E-state index in [0.717, 1.165) is 25.9 Å². The van der Waals surface area contributed by atoms with Gasteiger partial charge in [0, 0.05) is 25.7 Å². The molecule has 0 radical (unpaired) electrons. The maximum absolute atomic E-state index is 12.8. The van der Waals surface area contributed by atoms with E-state index in [0.29, 0.717) is 19.4 Å². The molecule has 2 aliphatic heterocycles. The quantitative estimate of drug-likeness (QED) is 0.819. The minimum absolute atomic E-state index is 0.0432. The molecule has 0 spiro atoms. The molecule has 0 saturated carbocycles.